The Hall–Kier alpha value is -2.61. The average molecular weight is 444 g/mol. The zero-order valence-electron chi connectivity index (χ0n) is 18.1. The van der Waals surface area contributed by atoms with Crippen LogP contribution in [0.2, 0.25) is 5.02 Å². The number of carbonyl (C=O) groups excluding carboxylic acids is 1. The van der Waals surface area contributed by atoms with Crippen molar-refractivity contribution in [3.8, 4) is 0 Å². The summed E-state index contributed by atoms with van der Waals surface area (Å²) in [4.78, 5) is 21.0. The molecule has 0 bridgehead atoms. The summed E-state index contributed by atoms with van der Waals surface area (Å²) in [6, 6.07) is 7.65. The standard InChI is InChI=1S/C22H30ClN7O/c1-24-22(25-11-10-20-27-26-19-5-3-2-4-12-30(19)20)29-14-13-28(21(31)16-29)15-17-6-8-18(23)9-7-17/h6-9H,2-5,10-16H2,1H3,(H,24,25). The molecule has 31 heavy (non-hydrogen) atoms. The van der Waals surface area contributed by atoms with Crippen LogP contribution < -0.4 is 5.32 Å². The molecule has 0 saturated carbocycles. The van der Waals surface area contributed by atoms with Gasteiger partial charge in [-0.2, -0.15) is 0 Å². The van der Waals surface area contributed by atoms with E-state index in [1.807, 2.05) is 34.1 Å². The Balaban J connectivity index is 1.28. The molecule has 0 radical (unpaired) electrons. The number of aromatic nitrogens is 3. The monoisotopic (exact) mass is 443 g/mol. The van der Waals surface area contributed by atoms with Crippen molar-refractivity contribution in [3.05, 3.63) is 46.5 Å². The predicted octanol–water partition coefficient (Wildman–Crippen LogP) is 2.12. The van der Waals surface area contributed by atoms with Crippen LogP contribution in [0.4, 0.5) is 0 Å². The normalized spacial score (nSPS) is 17.5. The number of nitrogens with zero attached hydrogens (tertiary/aromatic N) is 6. The highest BCUT2D eigenvalue weighted by atomic mass is 35.5. The Morgan fingerprint density at radius 2 is 1.97 bits per heavy atom. The molecule has 1 saturated heterocycles. The maximum atomic E-state index is 12.7. The van der Waals surface area contributed by atoms with E-state index in [4.69, 9.17) is 11.6 Å². The smallest absolute Gasteiger partial charge is 0.242 e. The number of aryl methyl sites for hydroxylation is 1. The van der Waals surface area contributed by atoms with Crippen LogP contribution in [0, 0.1) is 0 Å². The SMILES string of the molecule is CN=C(NCCc1nnc2n1CCCCC2)N1CCN(Cc2ccc(Cl)cc2)C(=O)C1. The number of carbonyl (C=O) groups is 1. The molecule has 0 atom stereocenters. The number of guanidine groups is 1. The van der Waals surface area contributed by atoms with Gasteiger partial charge in [0.25, 0.3) is 0 Å². The maximum absolute atomic E-state index is 12.7. The van der Waals surface area contributed by atoms with Gasteiger partial charge in [0.05, 0.1) is 6.54 Å². The second-order valence-corrected chi connectivity index (χ2v) is 8.52. The van der Waals surface area contributed by atoms with Crippen LogP contribution in [0.15, 0.2) is 29.3 Å². The van der Waals surface area contributed by atoms with Crippen molar-refractivity contribution in [1.29, 1.82) is 0 Å². The number of halogens is 1. The second kappa shape index (κ2) is 10.1. The van der Waals surface area contributed by atoms with Crippen molar-refractivity contribution in [2.75, 3.05) is 33.2 Å². The molecule has 1 aromatic carbocycles. The van der Waals surface area contributed by atoms with E-state index in [0.717, 1.165) is 49.1 Å². The van der Waals surface area contributed by atoms with E-state index in [-0.39, 0.29) is 5.91 Å². The summed E-state index contributed by atoms with van der Waals surface area (Å²) < 4.78 is 2.27. The van der Waals surface area contributed by atoms with Gasteiger partial charge in [-0.3, -0.25) is 9.79 Å². The fraction of sp³-hybridized carbons (Fsp3) is 0.545. The lowest BCUT2D eigenvalue weighted by Crippen LogP contribution is -2.55. The number of fused-ring (bicyclic) bond motifs is 1. The number of amides is 1. The number of nitrogens with one attached hydrogen (secondary N) is 1. The lowest BCUT2D eigenvalue weighted by molar-refractivity contribution is -0.135. The van der Waals surface area contributed by atoms with E-state index >= 15 is 0 Å². The van der Waals surface area contributed by atoms with Gasteiger partial charge in [-0.25, -0.2) is 0 Å². The van der Waals surface area contributed by atoms with Crippen molar-refractivity contribution in [1.82, 2.24) is 29.9 Å². The number of aliphatic imine (C=N–C) groups is 1. The molecule has 8 nitrogen and oxygen atoms in total. The van der Waals surface area contributed by atoms with Gasteiger partial charge in [0.15, 0.2) is 5.96 Å². The van der Waals surface area contributed by atoms with Gasteiger partial charge in [-0.05, 0) is 30.5 Å². The van der Waals surface area contributed by atoms with E-state index in [1.165, 1.54) is 19.3 Å². The molecule has 9 heteroatoms. The fourth-order valence-electron chi connectivity index (χ4n) is 4.22. The predicted molar refractivity (Wildman–Crippen MR) is 121 cm³/mol. The van der Waals surface area contributed by atoms with E-state index in [2.05, 4.69) is 25.1 Å². The highest BCUT2D eigenvalue weighted by Crippen LogP contribution is 2.15. The quantitative estimate of drug-likeness (QED) is 0.565. The molecule has 166 valence electrons. The van der Waals surface area contributed by atoms with E-state index in [9.17, 15) is 4.79 Å². The first-order chi connectivity index (χ1) is 15.1. The summed E-state index contributed by atoms with van der Waals surface area (Å²) in [7, 11) is 1.76. The molecule has 4 rings (SSSR count). The first-order valence-electron chi connectivity index (χ1n) is 11.0. The van der Waals surface area contributed by atoms with Gasteiger partial charge in [-0.15, -0.1) is 10.2 Å². The third-order valence-electron chi connectivity index (χ3n) is 5.93. The van der Waals surface area contributed by atoms with Gasteiger partial charge < -0.3 is 19.7 Å². The van der Waals surface area contributed by atoms with Crippen LogP contribution in [0.1, 0.15) is 36.5 Å². The van der Waals surface area contributed by atoms with Crippen LogP contribution >= 0.6 is 11.6 Å². The van der Waals surface area contributed by atoms with Gasteiger partial charge in [0, 0.05) is 57.6 Å². The Bertz CT molecular complexity index is 924. The second-order valence-electron chi connectivity index (χ2n) is 8.08. The van der Waals surface area contributed by atoms with Crippen LogP contribution in [-0.2, 0) is 30.7 Å². The van der Waals surface area contributed by atoms with E-state index in [1.54, 1.807) is 7.05 Å². The Kier molecular flexibility index (Phi) is 7.06. The molecular weight excluding hydrogens is 414 g/mol. The molecule has 2 aliphatic heterocycles. The largest absolute Gasteiger partial charge is 0.356 e. The molecule has 1 aromatic heterocycles. The summed E-state index contributed by atoms with van der Waals surface area (Å²) in [5.74, 6) is 3.00. The first kappa shape index (κ1) is 21.6. The summed E-state index contributed by atoms with van der Waals surface area (Å²) >= 11 is 5.95. The zero-order chi connectivity index (χ0) is 21.6. The van der Waals surface area contributed by atoms with Crippen LogP contribution in [0.25, 0.3) is 0 Å². The fourth-order valence-corrected chi connectivity index (χ4v) is 4.34. The molecule has 1 amide bonds. The Morgan fingerprint density at radius 1 is 1.13 bits per heavy atom. The summed E-state index contributed by atoms with van der Waals surface area (Å²) in [5.41, 5.74) is 1.08. The van der Waals surface area contributed by atoms with Gasteiger partial charge in [0.1, 0.15) is 11.6 Å². The molecule has 2 aliphatic rings. The third-order valence-corrected chi connectivity index (χ3v) is 6.19. The lowest BCUT2D eigenvalue weighted by Gasteiger charge is -2.36. The minimum atomic E-state index is 0.104. The number of benzene rings is 1. The van der Waals surface area contributed by atoms with Crippen molar-refractivity contribution < 1.29 is 4.79 Å². The topological polar surface area (TPSA) is 78.7 Å². The Labute approximate surface area is 188 Å². The molecular formula is C22H30ClN7O. The molecule has 0 spiro atoms. The Morgan fingerprint density at radius 3 is 2.74 bits per heavy atom. The van der Waals surface area contributed by atoms with E-state index < -0.39 is 0 Å². The lowest BCUT2D eigenvalue weighted by atomic mass is 10.2. The van der Waals surface area contributed by atoms with Crippen molar-refractivity contribution in [3.63, 3.8) is 0 Å². The van der Waals surface area contributed by atoms with Gasteiger partial charge in [0.2, 0.25) is 5.91 Å². The van der Waals surface area contributed by atoms with Crippen molar-refractivity contribution in [2.45, 2.75) is 45.2 Å². The summed E-state index contributed by atoms with van der Waals surface area (Å²) in [6.07, 6.45) is 5.45. The van der Waals surface area contributed by atoms with Crippen LogP contribution in [-0.4, -0.2) is 69.7 Å². The maximum Gasteiger partial charge on any atom is 0.242 e. The minimum absolute atomic E-state index is 0.104. The van der Waals surface area contributed by atoms with Crippen molar-refractivity contribution >= 4 is 23.5 Å². The molecule has 2 aromatic rings. The van der Waals surface area contributed by atoms with Gasteiger partial charge in [-0.1, -0.05) is 30.2 Å². The highest BCUT2D eigenvalue weighted by Gasteiger charge is 2.26. The summed E-state index contributed by atoms with van der Waals surface area (Å²) in [5, 5.41) is 12.9. The molecule has 1 N–H and O–H groups in total. The first-order valence-corrected chi connectivity index (χ1v) is 11.4. The number of rotatable bonds is 5. The highest BCUT2D eigenvalue weighted by molar-refractivity contribution is 6.30. The van der Waals surface area contributed by atoms with Crippen LogP contribution in [0.5, 0.6) is 0 Å². The van der Waals surface area contributed by atoms with Crippen molar-refractivity contribution in [2.24, 2.45) is 4.99 Å². The van der Waals surface area contributed by atoms with Gasteiger partial charge >= 0.3 is 0 Å². The number of piperazine rings is 1. The molecule has 1 fully saturated rings. The van der Waals surface area contributed by atoms with Crippen LogP contribution in [0.3, 0.4) is 0 Å². The summed E-state index contributed by atoms with van der Waals surface area (Å²) in [6.45, 7) is 4.07. The minimum Gasteiger partial charge on any atom is -0.356 e. The number of hydrogen-bond acceptors (Lipinski definition) is 4. The molecule has 0 unspecified atom stereocenters. The molecule has 3 heterocycles. The average Bonchev–Trinajstić information content (AvgIpc) is 3.00. The zero-order valence-corrected chi connectivity index (χ0v) is 18.8. The number of hydrogen-bond donors (Lipinski definition) is 1. The third kappa shape index (κ3) is 5.36. The van der Waals surface area contributed by atoms with E-state index in [0.29, 0.717) is 31.2 Å². The molecule has 0 aliphatic carbocycles.